The standard InChI is InChI=1S/C22H22N4OS2/c1-14-4-9-17-19(13-14)28-21(25-17)23-11-10-15-5-7-16(8-6-15)24-22-26-12-2-3-18(26)20(27)29-22/h4-9,13,18H,2-3,10-12H2,1H3,(H,23,25)/t18-/m0/s1. The number of hydrogen-bond donors (Lipinski definition) is 1. The average Bonchev–Trinajstić information content (AvgIpc) is 3.41. The normalized spacial score (nSPS) is 20.0. The van der Waals surface area contributed by atoms with Gasteiger partial charge < -0.3 is 10.2 Å². The fourth-order valence-electron chi connectivity index (χ4n) is 3.81. The lowest BCUT2D eigenvalue weighted by atomic mass is 10.1. The summed E-state index contributed by atoms with van der Waals surface area (Å²) in [4.78, 5) is 23.6. The van der Waals surface area contributed by atoms with Crippen LogP contribution in [0.2, 0.25) is 0 Å². The number of rotatable bonds is 5. The Labute approximate surface area is 178 Å². The number of hydrogen-bond acceptors (Lipinski definition) is 6. The summed E-state index contributed by atoms with van der Waals surface area (Å²) in [6, 6.07) is 14.7. The zero-order valence-electron chi connectivity index (χ0n) is 16.2. The molecule has 0 saturated carbocycles. The number of fused-ring (bicyclic) bond motifs is 2. The van der Waals surface area contributed by atoms with E-state index < -0.39 is 0 Å². The monoisotopic (exact) mass is 422 g/mol. The average molecular weight is 423 g/mol. The lowest BCUT2D eigenvalue weighted by molar-refractivity contribution is -0.113. The molecule has 2 aliphatic rings. The van der Waals surface area contributed by atoms with E-state index in [0.29, 0.717) is 0 Å². The molecule has 1 atom stereocenters. The highest BCUT2D eigenvalue weighted by Crippen LogP contribution is 2.34. The largest absolute Gasteiger partial charge is 0.361 e. The fraction of sp³-hybridized carbons (Fsp3) is 0.318. The number of thiazole rings is 1. The molecule has 0 bridgehead atoms. The second-order valence-corrected chi connectivity index (χ2v) is 9.50. The number of aliphatic imine (C=N–C) groups is 1. The van der Waals surface area contributed by atoms with E-state index in [-0.39, 0.29) is 11.2 Å². The van der Waals surface area contributed by atoms with Gasteiger partial charge in [0.2, 0.25) is 5.12 Å². The van der Waals surface area contributed by atoms with Crippen LogP contribution in [0.1, 0.15) is 24.0 Å². The highest BCUT2D eigenvalue weighted by molar-refractivity contribution is 8.26. The van der Waals surface area contributed by atoms with E-state index in [1.807, 2.05) is 12.1 Å². The second kappa shape index (κ2) is 7.80. The van der Waals surface area contributed by atoms with Gasteiger partial charge in [0.25, 0.3) is 0 Å². The van der Waals surface area contributed by atoms with Gasteiger partial charge in [-0.05, 0) is 73.3 Å². The first-order chi connectivity index (χ1) is 14.2. The van der Waals surface area contributed by atoms with Crippen molar-refractivity contribution in [3.05, 3.63) is 53.6 Å². The highest BCUT2D eigenvalue weighted by Gasteiger charge is 2.40. The summed E-state index contributed by atoms with van der Waals surface area (Å²) in [5, 5.41) is 5.51. The number of nitrogens with zero attached hydrogens (tertiary/aromatic N) is 3. The summed E-state index contributed by atoms with van der Waals surface area (Å²) in [5.74, 6) is 0. The Bertz CT molecular complexity index is 1090. The predicted octanol–water partition coefficient (Wildman–Crippen LogP) is 4.98. The Morgan fingerprint density at radius 2 is 2.10 bits per heavy atom. The quantitative estimate of drug-likeness (QED) is 0.628. The van der Waals surface area contributed by atoms with Crippen molar-refractivity contribution in [1.29, 1.82) is 0 Å². The van der Waals surface area contributed by atoms with Crippen LogP contribution in [0.25, 0.3) is 10.2 Å². The van der Waals surface area contributed by atoms with E-state index in [9.17, 15) is 4.79 Å². The zero-order chi connectivity index (χ0) is 19.8. The third-order valence-corrected chi connectivity index (χ3v) is 7.31. The van der Waals surface area contributed by atoms with Crippen molar-refractivity contribution < 1.29 is 4.79 Å². The van der Waals surface area contributed by atoms with Crippen LogP contribution in [0.5, 0.6) is 0 Å². The molecule has 3 aromatic rings. The minimum absolute atomic E-state index is 0.0514. The summed E-state index contributed by atoms with van der Waals surface area (Å²) in [6.07, 6.45) is 2.97. The highest BCUT2D eigenvalue weighted by atomic mass is 32.2. The van der Waals surface area contributed by atoms with E-state index in [0.717, 1.165) is 53.9 Å². The maximum absolute atomic E-state index is 12.0. The lowest BCUT2D eigenvalue weighted by Crippen LogP contribution is -2.28. The van der Waals surface area contributed by atoms with Crippen LogP contribution < -0.4 is 5.32 Å². The van der Waals surface area contributed by atoms with Gasteiger partial charge in [-0.15, -0.1) is 0 Å². The number of benzene rings is 2. The summed E-state index contributed by atoms with van der Waals surface area (Å²) in [5.41, 5.74) is 4.48. The number of aryl methyl sites for hydroxylation is 1. The van der Waals surface area contributed by atoms with Crippen LogP contribution in [-0.4, -0.2) is 39.3 Å². The SMILES string of the molecule is Cc1ccc2nc(NCCc3ccc(N=C4SC(=O)[C@@H]5CCCN45)cc3)sc2c1. The molecule has 0 amide bonds. The number of carbonyl (C=O) groups excluding carboxylic acids is 1. The predicted molar refractivity (Wildman–Crippen MR) is 122 cm³/mol. The van der Waals surface area contributed by atoms with Crippen molar-refractivity contribution in [2.75, 3.05) is 18.4 Å². The molecule has 0 radical (unpaired) electrons. The first-order valence-electron chi connectivity index (χ1n) is 9.93. The van der Waals surface area contributed by atoms with Crippen molar-refractivity contribution in [2.24, 2.45) is 4.99 Å². The molecule has 1 aromatic heterocycles. The van der Waals surface area contributed by atoms with Crippen LogP contribution in [-0.2, 0) is 11.2 Å². The molecule has 0 aliphatic carbocycles. The molecule has 29 heavy (non-hydrogen) atoms. The third-order valence-electron chi connectivity index (χ3n) is 5.36. The van der Waals surface area contributed by atoms with E-state index >= 15 is 0 Å². The third kappa shape index (κ3) is 3.89. The number of amidine groups is 1. The van der Waals surface area contributed by atoms with Crippen LogP contribution >= 0.6 is 23.1 Å². The minimum atomic E-state index is 0.0514. The lowest BCUT2D eigenvalue weighted by Gasteiger charge is -2.14. The molecule has 0 unspecified atom stereocenters. The van der Waals surface area contributed by atoms with E-state index in [2.05, 4.69) is 52.5 Å². The van der Waals surface area contributed by atoms with Crippen LogP contribution in [0, 0.1) is 6.92 Å². The van der Waals surface area contributed by atoms with E-state index in [1.165, 1.54) is 27.6 Å². The molecule has 2 fully saturated rings. The van der Waals surface area contributed by atoms with Gasteiger partial charge >= 0.3 is 0 Å². The van der Waals surface area contributed by atoms with Gasteiger partial charge in [-0.2, -0.15) is 0 Å². The molecule has 148 valence electrons. The molecular weight excluding hydrogens is 400 g/mol. The first kappa shape index (κ1) is 18.6. The van der Waals surface area contributed by atoms with Crippen molar-refractivity contribution in [3.8, 4) is 0 Å². The van der Waals surface area contributed by atoms with Crippen molar-refractivity contribution in [1.82, 2.24) is 9.88 Å². The number of carbonyl (C=O) groups is 1. The molecule has 5 nitrogen and oxygen atoms in total. The van der Waals surface area contributed by atoms with Gasteiger partial charge in [-0.25, -0.2) is 9.98 Å². The topological polar surface area (TPSA) is 57.6 Å². The molecular formula is C22H22N4OS2. The molecule has 1 N–H and O–H groups in total. The zero-order valence-corrected chi connectivity index (χ0v) is 17.9. The molecule has 5 rings (SSSR count). The van der Waals surface area contributed by atoms with E-state index in [1.54, 1.807) is 11.3 Å². The Morgan fingerprint density at radius 1 is 1.24 bits per heavy atom. The summed E-state index contributed by atoms with van der Waals surface area (Å²) < 4.78 is 1.22. The Balaban J connectivity index is 1.19. The molecule has 3 heterocycles. The Morgan fingerprint density at radius 3 is 2.97 bits per heavy atom. The van der Waals surface area contributed by atoms with Gasteiger partial charge in [-0.3, -0.25) is 4.79 Å². The summed E-state index contributed by atoms with van der Waals surface area (Å²) in [6.45, 7) is 3.89. The smallest absolute Gasteiger partial charge is 0.219 e. The summed E-state index contributed by atoms with van der Waals surface area (Å²) in [7, 11) is 0. The number of nitrogens with one attached hydrogen (secondary N) is 1. The number of thioether (sulfide) groups is 1. The molecule has 2 saturated heterocycles. The first-order valence-corrected chi connectivity index (χ1v) is 11.6. The van der Waals surface area contributed by atoms with Crippen LogP contribution in [0.4, 0.5) is 10.8 Å². The van der Waals surface area contributed by atoms with Crippen molar-refractivity contribution in [3.63, 3.8) is 0 Å². The van der Waals surface area contributed by atoms with Gasteiger partial charge in [0.15, 0.2) is 10.3 Å². The van der Waals surface area contributed by atoms with Gasteiger partial charge in [0, 0.05) is 13.1 Å². The molecule has 2 aliphatic heterocycles. The second-order valence-electron chi connectivity index (χ2n) is 7.50. The Kier molecular flexibility index (Phi) is 5.01. The van der Waals surface area contributed by atoms with Crippen LogP contribution in [0.15, 0.2) is 47.5 Å². The number of aromatic nitrogens is 1. The van der Waals surface area contributed by atoms with E-state index in [4.69, 9.17) is 4.99 Å². The fourth-order valence-corrected chi connectivity index (χ4v) is 5.85. The molecule has 2 aromatic carbocycles. The van der Waals surface area contributed by atoms with Crippen molar-refractivity contribution >= 4 is 54.4 Å². The van der Waals surface area contributed by atoms with Gasteiger partial charge in [-0.1, -0.05) is 29.5 Å². The van der Waals surface area contributed by atoms with Crippen LogP contribution in [0.3, 0.4) is 0 Å². The number of anilines is 1. The molecule has 7 heteroatoms. The van der Waals surface area contributed by atoms with Crippen molar-refractivity contribution in [2.45, 2.75) is 32.2 Å². The van der Waals surface area contributed by atoms with Gasteiger partial charge in [0.05, 0.1) is 15.9 Å². The maximum atomic E-state index is 12.0. The minimum Gasteiger partial charge on any atom is -0.361 e. The van der Waals surface area contributed by atoms with Gasteiger partial charge in [0.1, 0.15) is 6.04 Å². The summed E-state index contributed by atoms with van der Waals surface area (Å²) >= 11 is 2.99. The Hall–Kier alpha value is -2.38. The maximum Gasteiger partial charge on any atom is 0.219 e. The molecule has 0 spiro atoms.